The molecule has 0 N–H and O–H groups in total. The van der Waals surface area contributed by atoms with Gasteiger partial charge in [-0.2, -0.15) is 4.31 Å². The van der Waals surface area contributed by atoms with Crippen LogP contribution in [0.4, 0.5) is 0 Å². The molecular weight excluding hydrogens is 338 g/mol. The zero-order valence-corrected chi connectivity index (χ0v) is 14.4. The van der Waals surface area contributed by atoms with Gasteiger partial charge in [0.25, 0.3) is 0 Å². The third kappa shape index (κ3) is 3.76. The molecule has 0 aromatic heterocycles. The standard InChI is InChI=1S/C15H21NO5S2/c17-22(18)10-8-13(12-22)16(11-14-5-4-9-21-14)23(19,20)15-6-2-1-3-7-15/h1-3,6-7,13-14H,4-5,8-12H2/t13-,14-/m0/s1. The van der Waals surface area contributed by atoms with E-state index in [0.717, 1.165) is 12.8 Å². The predicted octanol–water partition coefficient (Wildman–Crippen LogP) is 1.04. The van der Waals surface area contributed by atoms with Gasteiger partial charge in [-0.3, -0.25) is 0 Å². The van der Waals surface area contributed by atoms with Gasteiger partial charge in [-0.25, -0.2) is 16.8 Å². The lowest BCUT2D eigenvalue weighted by molar-refractivity contribution is 0.0877. The molecular formula is C15H21NO5S2. The fraction of sp³-hybridized carbons (Fsp3) is 0.600. The van der Waals surface area contributed by atoms with Crippen LogP contribution >= 0.6 is 0 Å². The smallest absolute Gasteiger partial charge is 0.243 e. The molecule has 2 atom stereocenters. The first-order chi connectivity index (χ1) is 10.9. The molecule has 23 heavy (non-hydrogen) atoms. The fourth-order valence-corrected chi connectivity index (χ4v) is 6.69. The van der Waals surface area contributed by atoms with Gasteiger partial charge < -0.3 is 4.74 Å². The normalized spacial score (nSPS) is 27.5. The molecule has 0 amide bonds. The molecule has 0 radical (unpaired) electrons. The van der Waals surface area contributed by atoms with Crippen LogP contribution in [-0.2, 0) is 24.6 Å². The zero-order chi connectivity index (χ0) is 16.5. The average molecular weight is 359 g/mol. The predicted molar refractivity (Wildman–Crippen MR) is 86.4 cm³/mol. The molecule has 0 saturated carbocycles. The highest BCUT2D eigenvalue weighted by molar-refractivity contribution is 7.92. The number of sulfone groups is 1. The monoisotopic (exact) mass is 359 g/mol. The summed E-state index contributed by atoms with van der Waals surface area (Å²) in [5, 5.41) is 0. The number of hydrogen-bond donors (Lipinski definition) is 0. The van der Waals surface area contributed by atoms with Crippen LogP contribution < -0.4 is 0 Å². The minimum Gasteiger partial charge on any atom is -0.377 e. The van der Waals surface area contributed by atoms with Crippen molar-refractivity contribution in [3.63, 3.8) is 0 Å². The molecule has 0 spiro atoms. The van der Waals surface area contributed by atoms with Crippen molar-refractivity contribution >= 4 is 19.9 Å². The third-order valence-electron chi connectivity index (χ3n) is 4.37. The van der Waals surface area contributed by atoms with Crippen molar-refractivity contribution in [2.24, 2.45) is 0 Å². The zero-order valence-electron chi connectivity index (χ0n) is 12.8. The van der Waals surface area contributed by atoms with Gasteiger partial charge in [0.2, 0.25) is 10.0 Å². The summed E-state index contributed by atoms with van der Waals surface area (Å²) in [4.78, 5) is 0.197. The maximum absolute atomic E-state index is 13.0. The van der Waals surface area contributed by atoms with Gasteiger partial charge in [0.15, 0.2) is 9.84 Å². The van der Waals surface area contributed by atoms with Crippen molar-refractivity contribution in [2.45, 2.75) is 36.3 Å². The SMILES string of the molecule is O=S1(=O)CC[C@H](N(C[C@@H]2CCCO2)S(=O)(=O)c2ccccc2)C1. The lowest BCUT2D eigenvalue weighted by Crippen LogP contribution is -2.45. The lowest BCUT2D eigenvalue weighted by atomic mass is 10.2. The molecule has 0 unspecified atom stereocenters. The Balaban J connectivity index is 1.91. The molecule has 0 bridgehead atoms. The summed E-state index contributed by atoms with van der Waals surface area (Å²) in [6.07, 6.45) is 1.91. The highest BCUT2D eigenvalue weighted by atomic mass is 32.2. The van der Waals surface area contributed by atoms with Gasteiger partial charge in [-0.05, 0) is 31.4 Å². The van der Waals surface area contributed by atoms with E-state index in [2.05, 4.69) is 0 Å². The van der Waals surface area contributed by atoms with Crippen LogP contribution in [0.1, 0.15) is 19.3 Å². The van der Waals surface area contributed by atoms with Crippen LogP contribution in [0.3, 0.4) is 0 Å². The number of benzene rings is 1. The Morgan fingerprint density at radius 3 is 2.48 bits per heavy atom. The summed E-state index contributed by atoms with van der Waals surface area (Å²) < 4.78 is 56.5. The largest absolute Gasteiger partial charge is 0.377 e. The highest BCUT2D eigenvalue weighted by Crippen LogP contribution is 2.27. The number of nitrogens with zero attached hydrogens (tertiary/aromatic N) is 1. The van der Waals surface area contributed by atoms with Crippen LogP contribution in [0.15, 0.2) is 35.2 Å². The second-order valence-corrected chi connectivity index (χ2v) is 10.2. The van der Waals surface area contributed by atoms with Crippen molar-refractivity contribution in [1.82, 2.24) is 4.31 Å². The first-order valence-electron chi connectivity index (χ1n) is 7.77. The Morgan fingerprint density at radius 1 is 1.17 bits per heavy atom. The van der Waals surface area contributed by atoms with E-state index in [-0.39, 0.29) is 29.0 Å². The van der Waals surface area contributed by atoms with E-state index in [1.54, 1.807) is 30.3 Å². The number of ether oxygens (including phenoxy) is 1. The Bertz CT molecular complexity index is 739. The Morgan fingerprint density at radius 2 is 1.91 bits per heavy atom. The van der Waals surface area contributed by atoms with Crippen LogP contribution in [0.5, 0.6) is 0 Å². The molecule has 2 saturated heterocycles. The van der Waals surface area contributed by atoms with Crippen LogP contribution in [0.2, 0.25) is 0 Å². The highest BCUT2D eigenvalue weighted by Gasteiger charge is 2.40. The molecule has 3 rings (SSSR count). The molecule has 0 aliphatic carbocycles. The van der Waals surface area contributed by atoms with Gasteiger partial charge in [-0.1, -0.05) is 18.2 Å². The lowest BCUT2D eigenvalue weighted by Gasteiger charge is -2.29. The molecule has 6 nitrogen and oxygen atoms in total. The summed E-state index contributed by atoms with van der Waals surface area (Å²) in [5.74, 6) is -0.0597. The topological polar surface area (TPSA) is 80.8 Å². The second-order valence-electron chi connectivity index (χ2n) is 6.08. The van der Waals surface area contributed by atoms with E-state index in [9.17, 15) is 16.8 Å². The van der Waals surface area contributed by atoms with Crippen LogP contribution in [-0.4, -0.2) is 57.9 Å². The van der Waals surface area contributed by atoms with Crippen molar-refractivity contribution in [3.05, 3.63) is 30.3 Å². The molecule has 1 aromatic carbocycles. The summed E-state index contributed by atoms with van der Waals surface area (Å²) in [7, 11) is -6.90. The van der Waals surface area contributed by atoms with Gasteiger partial charge in [0.05, 0.1) is 22.5 Å². The van der Waals surface area contributed by atoms with Gasteiger partial charge in [0.1, 0.15) is 0 Å². The maximum Gasteiger partial charge on any atom is 0.243 e. The minimum absolute atomic E-state index is 0.0456. The van der Waals surface area contributed by atoms with E-state index in [4.69, 9.17) is 4.74 Å². The summed E-state index contributed by atoms with van der Waals surface area (Å²) >= 11 is 0. The first-order valence-corrected chi connectivity index (χ1v) is 11.0. The van der Waals surface area contributed by atoms with Crippen LogP contribution in [0.25, 0.3) is 0 Å². The van der Waals surface area contributed by atoms with Crippen molar-refractivity contribution in [2.75, 3.05) is 24.7 Å². The molecule has 2 heterocycles. The summed E-state index contributed by atoms with van der Waals surface area (Å²) in [6.45, 7) is 0.851. The number of hydrogen-bond acceptors (Lipinski definition) is 5. The maximum atomic E-state index is 13.0. The first kappa shape index (κ1) is 16.9. The second kappa shape index (κ2) is 6.51. The molecule has 128 valence electrons. The molecule has 2 aliphatic rings. The summed E-state index contributed by atoms with van der Waals surface area (Å²) in [5.41, 5.74) is 0. The van der Waals surface area contributed by atoms with Gasteiger partial charge in [-0.15, -0.1) is 0 Å². The average Bonchev–Trinajstić information content (AvgIpc) is 3.14. The third-order valence-corrected chi connectivity index (χ3v) is 8.06. The molecule has 2 fully saturated rings. The van der Waals surface area contributed by atoms with Crippen molar-refractivity contribution < 1.29 is 21.6 Å². The van der Waals surface area contributed by atoms with Crippen molar-refractivity contribution in [1.29, 1.82) is 0 Å². The van der Waals surface area contributed by atoms with Gasteiger partial charge >= 0.3 is 0 Å². The van der Waals surface area contributed by atoms with Gasteiger partial charge in [0, 0.05) is 19.2 Å². The molecule has 8 heteroatoms. The van der Waals surface area contributed by atoms with E-state index < -0.39 is 25.9 Å². The Hall–Kier alpha value is -0.960. The Labute approximate surface area is 137 Å². The van der Waals surface area contributed by atoms with E-state index >= 15 is 0 Å². The van der Waals surface area contributed by atoms with Crippen LogP contribution in [0, 0.1) is 0 Å². The molecule has 1 aromatic rings. The fourth-order valence-electron chi connectivity index (χ4n) is 3.16. The quantitative estimate of drug-likeness (QED) is 0.785. The number of rotatable bonds is 5. The van der Waals surface area contributed by atoms with E-state index in [1.165, 1.54) is 4.31 Å². The van der Waals surface area contributed by atoms with E-state index in [1.807, 2.05) is 0 Å². The molecule has 2 aliphatic heterocycles. The Kier molecular flexibility index (Phi) is 4.78. The minimum atomic E-state index is -3.73. The van der Waals surface area contributed by atoms with Crippen molar-refractivity contribution in [3.8, 4) is 0 Å². The van der Waals surface area contributed by atoms with E-state index in [0.29, 0.717) is 13.0 Å². The number of sulfonamides is 1. The summed E-state index contributed by atoms with van der Waals surface area (Å²) in [6, 6.07) is 7.67.